The van der Waals surface area contributed by atoms with Gasteiger partial charge in [0.1, 0.15) is 0 Å². The largest absolute Gasteiger partial charge is 0.353 e. The number of amides is 1. The van der Waals surface area contributed by atoms with Gasteiger partial charge in [0.15, 0.2) is 5.82 Å². The highest BCUT2D eigenvalue weighted by Crippen LogP contribution is 2.07. The highest BCUT2D eigenvalue weighted by Gasteiger charge is 2.21. The predicted octanol–water partition coefficient (Wildman–Crippen LogP) is 0.664. The van der Waals surface area contributed by atoms with Crippen LogP contribution in [-0.2, 0) is 17.8 Å². The number of aromatic nitrogens is 2. The summed E-state index contributed by atoms with van der Waals surface area (Å²) in [6, 6.07) is 0.249. The average Bonchev–Trinajstić information content (AvgIpc) is 2.96. The Labute approximate surface area is 132 Å². The highest BCUT2D eigenvalue weighted by atomic mass is 16.5. The Bertz CT molecular complexity index is 468. The summed E-state index contributed by atoms with van der Waals surface area (Å²) in [5.41, 5.74) is 0. The van der Waals surface area contributed by atoms with E-state index < -0.39 is 0 Å². The second kappa shape index (κ2) is 8.24. The van der Waals surface area contributed by atoms with Gasteiger partial charge in [-0.15, -0.1) is 0 Å². The first-order valence-corrected chi connectivity index (χ1v) is 8.16. The minimum absolute atomic E-state index is 0.118. The summed E-state index contributed by atoms with van der Waals surface area (Å²) in [5, 5.41) is 6.92. The van der Waals surface area contributed by atoms with Crippen molar-refractivity contribution in [2.24, 2.45) is 0 Å². The normalized spacial score (nSPS) is 18.3. The molecule has 0 saturated carbocycles. The Morgan fingerprint density at radius 2 is 1.95 bits per heavy atom. The van der Waals surface area contributed by atoms with Crippen molar-refractivity contribution >= 4 is 5.91 Å². The minimum Gasteiger partial charge on any atom is -0.353 e. The molecule has 2 rings (SSSR count). The molecule has 1 aromatic heterocycles. The third-order valence-corrected chi connectivity index (χ3v) is 4.04. The van der Waals surface area contributed by atoms with E-state index in [0.717, 1.165) is 44.8 Å². The summed E-state index contributed by atoms with van der Waals surface area (Å²) < 4.78 is 5.23. The number of rotatable bonds is 7. The number of hydrogen-bond acceptors (Lipinski definition) is 6. The zero-order chi connectivity index (χ0) is 15.9. The number of aryl methyl sites for hydroxylation is 1. The molecule has 0 aliphatic carbocycles. The molecule has 1 saturated heterocycles. The molecule has 0 unspecified atom stereocenters. The van der Waals surface area contributed by atoms with Crippen molar-refractivity contribution in [2.75, 3.05) is 32.7 Å². The monoisotopic (exact) mass is 309 g/mol. The van der Waals surface area contributed by atoms with Crippen LogP contribution in [0.5, 0.6) is 0 Å². The third-order valence-electron chi connectivity index (χ3n) is 4.04. The quantitative estimate of drug-likeness (QED) is 0.798. The van der Waals surface area contributed by atoms with Gasteiger partial charge in [0.2, 0.25) is 11.8 Å². The molecule has 22 heavy (non-hydrogen) atoms. The van der Waals surface area contributed by atoms with Gasteiger partial charge >= 0.3 is 0 Å². The Balaban J connectivity index is 1.70. The van der Waals surface area contributed by atoms with Crippen LogP contribution in [0.2, 0.25) is 0 Å². The van der Waals surface area contributed by atoms with E-state index in [1.165, 1.54) is 0 Å². The van der Waals surface area contributed by atoms with E-state index in [1.807, 2.05) is 13.8 Å². The second-order valence-corrected chi connectivity index (χ2v) is 5.89. The minimum atomic E-state index is 0.118. The molecule has 0 radical (unpaired) electrons. The number of carbonyl (C=O) groups excluding carboxylic acids is 1. The number of nitrogens with one attached hydrogen (secondary N) is 1. The lowest BCUT2D eigenvalue weighted by atomic mass is 10.2. The van der Waals surface area contributed by atoms with Gasteiger partial charge in [0.05, 0.1) is 13.1 Å². The average molecular weight is 309 g/mol. The molecule has 1 N–H and O–H groups in total. The van der Waals surface area contributed by atoms with Crippen LogP contribution >= 0.6 is 0 Å². The van der Waals surface area contributed by atoms with Crippen molar-refractivity contribution in [3.8, 4) is 0 Å². The van der Waals surface area contributed by atoms with Gasteiger partial charge in [-0.3, -0.25) is 14.6 Å². The van der Waals surface area contributed by atoms with Crippen LogP contribution in [0.25, 0.3) is 0 Å². The number of hydrogen-bond donors (Lipinski definition) is 1. The summed E-state index contributed by atoms with van der Waals surface area (Å²) in [7, 11) is 0. The fraction of sp³-hybridized carbons (Fsp3) is 0.800. The van der Waals surface area contributed by atoms with Crippen molar-refractivity contribution in [3.63, 3.8) is 0 Å². The maximum atomic E-state index is 11.9. The van der Waals surface area contributed by atoms with E-state index in [2.05, 4.69) is 32.2 Å². The van der Waals surface area contributed by atoms with Gasteiger partial charge in [-0.25, -0.2) is 0 Å². The summed E-state index contributed by atoms with van der Waals surface area (Å²) in [4.78, 5) is 20.7. The van der Waals surface area contributed by atoms with E-state index in [0.29, 0.717) is 19.0 Å². The molecular weight excluding hydrogens is 282 g/mol. The molecule has 1 amide bonds. The molecule has 2 heterocycles. The summed E-state index contributed by atoms with van der Waals surface area (Å²) >= 11 is 0. The summed E-state index contributed by atoms with van der Waals surface area (Å²) in [6.07, 6.45) is 1.76. The lowest BCUT2D eigenvalue weighted by Crippen LogP contribution is -2.49. The fourth-order valence-corrected chi connectivity index (χ4v) is 2.42. The lowest BCUT2D eigenvalue weighted by Gasteiger charge is -2.33. The van der Waals surface area contributed by atoms with Gasteiger partial charge in [-0.2, -0.15) is 4.98 Å². The third kappa shape index (κ3) is 5.06. The SMILES string of the molecule is CCc1noc(CN2CCN(CC(=O)N[C@@H](C)CC)CC2)n1. The van der Waals surface area contributed by atoms with Gasteiger partial charge in [0.25, 0.3) is 0 Å². The fourth-order valence-electron chi connectivity index (χ4n) is 2.42. The first kappa shape index (κ1) is 16.9. The molecule has 1 aliphatic heterocycles. The topological polar surface area (TPSA) is 74.5 Å². The molecule has 1 atom stereocenters. The molecule has 0 spiro atoms. The van der Waals surface area contributed by atoms with Crippen molar-refractivity contribution in [1.29, 1.82) is 0 Å². The second-order valence-electron chi connectivity index (χ2n) is 5.89. The van der Waals surface area contributed by atoms with Crippen LogP contribution < -0.4 is 5.32 Å². The van der Waals surface area contributed by atoms with Crippen molar-refractivity contribution in [1.82, 2.24) is 25.3 Å². The van der Waals surface area contributed by atoms with Crippen molar-refractivity contribution in [2.45, 2.75) is 46.2 Å². The first-order valence-electron chi connectivity index (χ1n) is 8.16. The molecule has 1 aliphatic rings. The molecule has 7 heteroatoms. The Kier molecular flexibility index (Phi) is 6.33. The highest BCUT2D eigenvalue weighted by molar-refractivity contribution is 5.78. The zero-order valence-electron chi connectivity index (χ0n) is 13.8. The Morgan fingerprint density at radius 3 is 2.55 bits per heavy atom. The van der Waals surface area contributed by atoms with E-state index in [9.17, 15) is 4.79 Å². The van der Waals surface area contributed by atoms with E-state index in [1.54, 1.807) is 0 Å². The van der Waals surface area contributed by atoms with Crippen LogP contribution in [0.4, 0.5) is 0 Å². The molecule has 0 aromatic carbocycles. The van der Waals surface area contributed by atoms with Crippen molar-refractivity contribution in [3.05, 3.63) is 11.7 Å². The van der Waals surface area contributed by atoms with Gasteiger partial charge < -0.3 is 9.84 Å². The maximum absolute atomic E-state index is 11.9. The summed E-state index contributed by atoms with van der Waals surface area (Å²) in [6.45, 7) is 10.9. The number of carbonyl (C=O) groups is 1. The van der Waals surface area contributed by atoms with Crippen LogP contribution in [-0.4, -0.2) is 64.6 Å². The van der Waals surface area contributed by atoms with Gasteiger partial charge in [-0.1, -0.05) is 19.0 Å². The molecule has 0 bridgehead atoms. The van der Waals surface area contributed by atoms with Crippen molar-refractivity contribution < 1.29 is 9.32 Å². The number of nitrogens with zero attached hydrogens (tertiary/aromatic N) is 4. The van der Waals surface area contributed by atoms with Crippen LogP contribution in [0.3, 0.4) is 0 Å². The van der Waals surface area contributed by atoms with Gasteiger partial charge in [-0.05, 0) is 13.3 Å². The maximum Gasteiger partial charge on any atom is 0.240 e. The smallest absolute Gasteiger partial charge is 0.240 e. The molecule has 124 valence electrons. The molecular formula is C15H27N5O2. The van der Waals surface area contributed by atoms with E-state index in [-0.39, 0.29) is 11.9 Å². The lowest BCUT2D eigenvalue weighted by molar-refractivity contribution is -0.123. The van der Waals surface area contributed by atoms with E-state index in [4.69, 9.17) is 4.52 Å². The first-order chi connectivity index (χ1) is 10.6. The predicted molar refractivity (Wildman–Crippen MR) is 83.3 cm³/mol. The van der Waals surface area contributed by atoms with Crippen LogP contribution in [0, 0.1) is 0 Å². The van der Waals surface area contributed by atoms with E-state index >= 15 is 0 Å². The Hall–Kier alpha value is -1.47. The molecule has 1 fully saturated rings. The summed E-state index contributed by atoms with van der Waals surface area (Å²) in [5.74, 6) is 1.56. The number of piperazine rings is 1. The zero-order valence-corrected chi connectivity index (χ0v) is 13.8. The van der Waals surface area contributed by atoms with Crippen LogP contribution in [0.15, 0.2) is 4.52 Å². The standard InChI is InChI=1S/C15H27N5O2/c1-4-12(3)16-14(21)10-19-6-8-20(9-7-19)11-15-17-13(5-2)18-22-15/h12H,4-11H2,1-3H3,(H,16,21)/t12-/m0/s1. The van der Waals surface area contributed by atoms with Gasteiger partial charge in [0, 0.05) is 38.6 Å². The Morgan fingerprint density at radius 1 is 1.27 bits per heavy atom. The molecule has 1 aromatic rings. The molecule has 7 nitrogen and oxygen atoms in total. The van der Waals surface area contributed by atoms with Crippen LogP contribution in [0.1, 0.15) is 38.9 Å².